The molecule has 3 aromatic rings. The van der Waals surface area contributed by atoms with Crippen molar-refractivity contribution in [1.82, 2.24) is 20.1 Å². The normalized spacial score (nSPS) is 16.0. The van der Waals surface area contributed by atoms with Crippen LogP contribution in [-0.2, 0) is 11.2 Å². The smallest absolute Gasteiger partial charge is 0.342 e. The molecule has 1 N–H and O–H groups in total. The highest BCUT2D eigenvalue weighted by Crippen LogP contribution is 2.33. The van der Waals surface area contributed by atoms with Crippen molar-refractivity contribution in [2.24, 2.45) is 0 Å². The van der Waals surface area contributed by atoms with Crippen molar-refractivity contribution in [2.75, 3.05) is 18.6 Å². The number of halogens is 1. The molecular formula is C20H18BrN5O3. The zero-order valence-electron chi connectivity index (χ0n) is 15.6. The molecule has 1 aromatic carbocycles. The molecule has 0 radical (unpaired) electrons. The van der Waals surface area contributed by atoms with Crippen LogP contribution in [0.3, 0.4) is 0 Å². The summed E-state index contributed by atoms with van der Waals surface area (Å²) in [6.07, 6.45) is 7.35. The number of pyridine rings is 1. The van der Waals surface area contributed by atoms with E-state index in [2.05, 4.69) is 31.3 Å². The average Bonchev–Trinajstić information content (AvgIpc) is 3.16. The first-order chi connectivity index (χ1) is 14.0. The number of likely N-dealkylation sites (N-methyl/N-ethyl adjacent to an activating group) is 1. The van der Waals surface area contributed by atoms with Gasteiger partial charge in [-0.15, -0.1) is 0 Å². The molecule has 0 bridgehead atoms. The second-order valence-electron chi connectivity index (χ2n) is 6.65. The number of anilines is 1. The SMILES string of the molecule is CN1C(=O)[C@@H](NC(=O)n2cc(Cc3cccnc3)cn2)COc2ccc(Br)cc21. The largest absolute Gasteiger partial charge is 0.489 e. The number of ether oxygens (including phenoxy) is 1. The summed E-state index contributed by atoms with van der Waals surface area (Å²) in [5.74, 6) is 0.316. The predicted octanol–water partition coefficient (Wildman–Crippen LogP) is 2.61. The topological polar surface area (TPSA) is 89.4 Å². The fourth-order valence-electron chi connectivity index (χ4n) is 3.09. The molecular weight excluding hydrogens is 438 g/mol. The van der Waals surface area contributed by atoms with Crippen LogP contribution >= 0.6 is 15.9 Å². The molecule has 0 fully saturated rings. The van der Waals surface area contributed by atoms with E-state index in [1.54, 1.807) is 44.0 Å². The summed E-state index contributed by atoms with van der Waals surface area (Å²) in [5.41, 5.74) is 2.52. The molecule has 0 unspecified atom stereocenters. The lowest BCUT2D eigenvalue weighted by Gasteiger charge is -2.20. The Labute approximate surface area is 175 Å². The number of aromatic nitrogens is 3. The fourth-order valence-corrected chi connectivity index (χ4v) is 3.44. The zero-order valence-corrected chi connectivity index (χ0v) is 17.2. The van der Waals surface area contributed by atoms with Gasteiger partial charge in [-0.25, -0.2) is 4.79 Å². The van der Waals surface area contributed by atoms with Gasteiger partial charge in [-0.3, -0.25) is 9.78 Å². The van der Waals surface area contributed by atoms with E-state index in [0.717, 1.165) is 15.6 Å². The molecule has 2 aromatic heterocycles. The van der Waals surface area contributed by atoms with Crippen molar-refractivity contribution in [3.63, 3.8) is 0 Å². The molecule has 0 spiro atoms. The van der Waals surface area contributed by atoms with Gasteiger partial charge in [0.05, 0.1) is 11.9 Å². The van der Waals surface area contributed by atoms with E-state index >= 15 is 0 Å². The second kappa shape index (κ2) is 8.04. The summed E-state index contributed by atoms with van der Waals surface area (Å²) >= 11 is 3.40. The number of nitrogens with one attached hydrogen (secondary N) is 1. The number of carbonyl (C=O) groups excluding carboxylic acids is 2. The number of carbonyl (C=O) groups is 2. The van der Waals surface area contributed by atoms with Crippen molar-refractivity contribution in [3.05, 3.63) is 70.7 Å². The highest BCUT2D eigenvalue weighted by molar-refractivity contribution is 9.10. The van der Waals surface area contributed by atoms with Crippen LogP contribution < -0.4 is 15.0 Å². The Kier molecular flexibility index (Phi) is 5.30. The molecule has 1 atom stereocenters. The van der Waals surface area contributed by atoms with Gasteiger partial charge in [0, 0.05) is 36.5 Å². The Morgan fingerprint density at radius 2 is 2.17 bits per heavy atom. The monoisotopic (exact) mass is 455 g/mol. The molecule has 3 heterocycles. The third-order valence-corrected chi connectivity index (χ3v) is 5.08. The third kappa shape index (κ3) is 4.14. The lowest BCUT2D eigenvalue weighted by molar-refractivity contribution is -0.120. The van der Waals surface area contributed by atoms with E-state index in [4.69, 9.17) is 4.74 Å². The van der Waals surface area contributed by atoms with E-state index in [-0.39, 0.29) is 12.5 Å². The summed E-state index contributed by atoms with van der Waals surface area (Å²) in [5, 5.41) is 6.81. The fraction of sp³-hybridized carbons (Fsp3) is 0.200. The van der Waals surface area contributed by atoms with Crippen LogP contribution in [0.2, 0.25) is 0 Å². The summed E-state index contributed by atoms with van der Waals surface area (Å²) in [7, 11) is 1.65. The van der Waals surface area contributed by atoms with Gasteiger partial charge in [0.2, 0.25) is 0 Å². The summed E-state index contributed by atoms with van der Waals surface area (Å²) in [4.78, 5) is 31.0. The average molecular weight is 456 g/mol. The van der Waals surface area contributed by atoms with Crippen LogP contribution in [0.15, 0.2) is 59.6 Å². The zero-order chi connectivity index (χ0) is 20.4. The van der Waals surface area contributed by atoms with Crippen LogP contribution in [0.25, 0.3) is 0 Å². The van der Waals surface area contributed by atoms with Crippen molar-refractivity contribution in [1.29, 1.82) is 0 Å². The highest BCUT2D eigenvalue weighted by Gasteiger charge is 2.31. The Bertz CT molecular complexity index is 1050. The van der Waals surface area contributed by atoms with Crippen molar-refractivity contribution in [3.8, 4) is 5.75 Å². The van der Waals surface area contributed by atoms with E-state index < -0.39 is 12.1 Å². The molecule has 29 heavy (non-hydrogen) atoms. The lowest BCUT2D eigenvalue weighted by atomic mass is 10.1. The van der Waals surface area contributed by atoms with Crippen LogP contribution in [0.5, 0.6) is 5.75 Å². The molecule has 4 rings (SSSR count). The summed E-state index contributed by atoms with van der Waals surface area (Å²) in [6, 6.07) is 7.91. The first kappa shape index (κ1) is 19.1. The number of nitrogens with zero attached hydrogens (tertiary/aromatic N) is 4. The maximum Gasteiger partial charge on any atom is 0.342 e. The van der Waals surface area contributed by atoms with E-state index in [1.807, 2.05) is 18.2 Å². The van der Waals surface area contributed by atoms with Gasteiger partial charge in [0.1, 0.15) is 18.4 Å². The van der Waals surface area contributed by atoms with Gasteiger partial charge in [-0.1, -0.05) is 22.0 Å². The Morgan fingerprint density at radius 1 is 1.31 bits per heavy atom. The quantitative estimate of drug-likeness (QED) is 0.655. The van der Waals surface area contributed by atoms with E-state index in [1.165, 1.54) is 9.58 Å². The summed E-state index contributed by atoms with van der Waals surface area (Å²) < 4.78 is 7.76. The predicted molar refractivity (Wildman–Crippen MR) is 110 cm³/mol. The number of amides is 2. The van der Waals surface area contributed by atoms with Gasteiger partial charge in [0.15, 0.2) is 0 Å². The van der Waals surface area contributed by atoms with Gasteiger partial charge in [-0.05, 0) is 35.4 Å². The Morgan fingerprint density at radius 3 is 2.97 bits per heavy atom. The van der Waals surface area contributed by atoms with Gasteiger partial charge >= 0.3 is 6.03 Å². The molecule has 2 amide bonds. The number of benzene rings is 1. The molecule has 8 nitrogen and oxygen atoms in total. The summed E-state index contributed by atoms with van der Waals surface area (Å²) in [6.45, 7) is 0.0351. The van der Waals surface area contributed by atoms with Gasteiger partial charge in [0.25, 0.3) is 5.91 Å². The minimum atomic E-state index is -0.829. The number of hydrogen-bond donors (Lipinski definition) is 1. The minimum Gasteiger partial charge on any atom is -0.489 e. The van der Waals surface area contributed by atoms with E-state index in [9.17, 15) is 9.59 Å². The Hall–Kier alpha value is -3.20. The molecule has 148 valence electrons. The van der Waals surface area contributed by atoms with Crippen LogP contribution in [-0.4, -0.2) is 46.4 Å². The van der Waals surface area contributed by atoms with E-state index in [0.29, 0.717) is 17.9 Å². The molecule has 0 saturated heterocycles. The van der Waals surface area contributed by atoms with Crippen molar-refractivity contribution >= 4 is 33.6 Å². The molecule has 1 aliphatic rings. The second-order valence-corrected chi connectivity index (χ2v) is 7.57. The maximum atomic E-state index is 12.8. The van der Waals surface area contributed by atoms with Crippen LogP contribution in [0, 0.1) is 0 Å². The van der Waals surface area contributed by atoms with Crippen LogP contribution in [0.1, 0.15) is 11.1 Å². The first-order valence-corrected chi connectivity index (χ1v) is 9.74. The molecule has 1 aliphatic heterocycles. The maximum absolute atomic E-state index is 12.8. The Balaban J connectivity index is 1.45. The van der Waals surface area contributed by atoms with Crippen molar-refractivity contribution < 1.29 is 14.3 Å². The number of fused-ring (bicyclic) bond motifs is 1. The molecule has 0 aliphatic carbocycles. The third-order valence-electron chi connectivity index (χ3n) is 4.59. The van der Waals surface area contributed by atoms with Crippen molar-refractivity contribution in [2.45, 2.75) is 12.5 Å². The first-order valence-electron chi connectivity index (χ1n) is 8.94. The number of hydrogen-bond acceptors (Lipinski definition) is 5. The van der Waals surface area contributed by atoms with Crippen LogP contribution in [0.4, 0.5) is 10.5 Å². The van der Waals surface area contributed by atoms with Gasteiger partial charge in [-0.2, -0.15) is 9.78 Å². The van der Waals surface area contributed by atoms with Gasteiger partial charge < -0.3 is 15.0 Å². The lowest BCUT2D eigenvalue weighted by Crippen LogP contribution is -2.50. The minimum absolute atomic E-state index is 0.0351. The molecule has 0 saturated carbocycles. The number of rotatable bonds is 3. The standard InChI is InChI=1S/C20H18BrN5O3/c1-25-17-8-15(21)4-5-18(17)29-12-16(19(25)27)24-20(28)26-11-14(10-23-26)7-13-3-2-6-22-9-13/h2-6,8-11,16H,7,12H2,1H3,(H,24,28)/t16-/m0/s1. The molecule has 9 heteroatoms. The highest BCUT2D eigenvalue weighted by atomic mass is 79.9.